The lowest BCUT2D eigenvalue weighted by Gasteiger charge is -2.23. The van der Waals surface area contributed by atoms with Gasteiger partial charge in [-0.3, -0.25) is 4.79 Å². The van der Waals surface area contributed by atoms with Gasteiger partial charge in [0.05, 0.1) is 24.7 Å². The molecule has 0 fully saturated rings. The zero-order chi connectivity index (χ0) is 19.2. The molecule has 0 aliphatic carbocycles. The van der Waals surface area contributed by atoms with Crippen LogP contribution in [0, 0.1) is 5.92 Å². The van der Waals surface area contributed by atoms with Gasteiger partial charge in [-0.1, -0.05) is 58.3 Å². The molecule has 4 atom stereocenters. The van der Waals surface area contributed by atoms with E-state index in [2.05, 4.69) is 11.7 Å². The molecule has 7 heteroatoms. The molecule has 0 spiro atoms. The number of aliphatic hydroxyl groups is 4. The predicted molar refractivity (Wildman–Crippen MR) is 92.6 cm³/mol. The van der Waals surface area contributed by atoms with Crippen molar-refractivity contribution in [3.8, 4) is 0 Å². The average Bonchev–Trinajstić information content (AvgIpc) is 2.58. The Morgan fingerprint density at radius 3 is 1.88 bits per heavy atom. The summed E-state index contributed by atoms with van der Waals surface area (Å²) in [4.78, 5) is 23.4. The second-order valence-electron chi connectivity index (χ2n) is 6.54. The second kappa shape index (κ2) is 14.2. The van der Waals surface area contributed by atoms with Crippen LogP contribution in [0.3, 0.4) is 0 Å². The molecule has 148 valence electrons. The number of carbonyl (C=O) groups is 2. The van der Waals surface area contributed by atoms with Crippen molar-refractivity contribution in [3.05, 3.63) is 0 Å². The summed E-state index contributed by atoms with van der Waals surface area (Å²) in [6.45, 7) is 2.66. The highest BCUT2D eigenvalue weighted by atomic mass is 16.6. The molecule has 7 nitrogen and oxygen atoms in total. The maximum absolute atomic E-state index is 12.1. The predicted octanol–water partition coefficient (Wildman–Crippen LogP) is 1.30. The fourth-order valence-corrected chi connectivity index (χ4v) is 2.58. The topological polar surface area (TPSA) is 124 Å². The Bertz CT molecular complexity index is 370. The molecule has 0 rings (SSSR count). The number of ether oxygens (including phenoxy) is 1. The van der Waals surface area contributed by atoms with Crippen LogP contribution in [0.2, 0.25) is 0 Å². The molecule has 0 aliphatic heterocycles. The molecular weight excluding hydrogens is 328 g/mol. The molecule has 0 saturated heterocycles. The van der Waals surface area contributed by atoms with E-state index in [1.54, 1.807) is 0 Å². The SMILES string of the molecule is CCCCCCCCCCC(C(=O)OC(=O)C(O)CO)C(O)C(C)O. The van der Waals surface area contributed by atoms with Gasteiger partial charge in [0.1, 0.15) is 0 Å². The number of aliphatic hydroxyl groups excluding tert-OH is 4. The largest absolute Gasteiger partial charge is 0.393 e. The lowest BCUT2D eigenvalue weighted by atomic mass is 9.92. The smallest absolute Gasteiger partial charge is 0.345 e. The Hall–Kier alpha value is -1.02. The summed E-state index contributed by atoms with van der Waals surface area (Å²) in [5.74, 6) is -3.30. The van der Waals surface area contributed by atoms with Crippen LogP contribution in [0.5, 0.6) is 0 Å². The van der Waals surface area contributed by atoms with Gasteiger partial charge in [-0.2, -0.15) is 0 Å². The van der Waals surface area contributed by atoms with Gasteiger partial charge in [-0.15, -0.1) is 0 Å². The number of hydrogen-bond donors (Lipinski definition) is 4. The first-order chi connectivity index (χ1) is 11.8. The number of carbonyl (C=O) groups excluding carboxylic acids is 2. The maximum atomic E-state index is 12.1. The molecule has 0 bridgehead atoms. The van der Waals surface area contributed by atoms with Gasteiger partial charge in [0, 0.05) is 0 Å². The van der Waals surface area contributed by atoms with E-state index in [9.17, 15) is 19.8 Å². The first-order valence-corrected chi connectivity index (χ1v) is 9.25. The van der Waals surface area contributed by atoms with E-state index in [-0.39, 0.29) is 6.42 Å². The molecule has 0 aromatic carbocycles. The van der Waals surface area contributed by atoms with E-state index in [0.717, 1.165) is 19.3 Å². The van der Waals surface area contributed by atoms with Crippen LogP contribution in [0.4, 0.5) is 0 Å². The lowest BCUT2D eigenvalue weighted by molar-refractivity contribution is -0.173. The van der Waals surface area contributed by atoms with Crippen molar-refractivity contribution in [1.82, 2.24) is 0 Å². The highest BCUT2D eigenvalue weighted by molar-refractivity contribution is 5.89. The Labute approximate surface area is 150 Å². The van der Waals surface area contributed by atoms with Crippen LogP contribution in [-0.4, -0.2) is 57.3 Å². The summed E-state index contributed by atoms with van der Waals surface area (Å²) in [5.41, 5.74) is 0. The van der Waals surface area contributed by atoms with E-state index in [1.807, 2.05) is 0 Å². The molecule has 0 amide bonds. The van der Waals surface area contributed by atoms with Gasteiger partial charge in [0.25, 0.3) is 0 Å². The van der Waals surface area contributed by atoms with Gasteiger partial charge in [-0.05, 0) is 13.3 Å². The van der Waals surface area contributed by atoms with E-state index >= 15 is 0 Å². The summed E-state index contributed by atoms with van der Waals surface area (Å²) in [6.07, 6.45) is 4.52. The maximum Gasteiger partial charge on any atom is 0.345 e. The summed E-state index contributed by atoms with van der Waals surface area (Å²) in [7, 11) is 0. The lowest BCUT2D eigenvalue weighted by Crippen LogP contribution is -2.40. The Morgan fingerprint density at radius 2 is 1.40 bits per heavy atom. The highest BCUT2D eigenvalue weighted by Gasteiger charge is 2.33. The molecule has 4 N–H and O–H groups in total. The third-order valence-corrected chi connectivity index (χ3v) is 4.22. The Kier molecular flexibility index (Phi) is 13.6. The summed E-state index contributed by atoms with van der Waals surface area (Å²) in [5, 5.41) is 37.3. The Balaban J connectivity index is 4.35. The van der Waals surface area contributed by atoms with E-state index in [1.165, 1.54) is 32.6 Å². The van der Waals surface area contributed by atoms with Crippen molar-refractivity contribution in [2.75, 3.05) is 6.61 Å². The monoisotopic (exact) mass is 362 g/mol. The number of esters is 2. The van der Waals surface area contributed by atoms with Crippen LogP contribution in [0.15, 0.2) is 0 Å². The number of unbranched alkanes of at least 4 members (excludes halogenated alkanes) is 7. The molecular formula is C18H34O7. The zero-order valence-corrected chi connectivity index (χ0v) is 15.4. The summed E-state index contributed by atoms with van der Waals surface area (Å²) in [6, 6.07) is 0. The van der Waals surface area contributed by atoms with Crippen LogP contribution in [-0.2, 0) is 14.3 Å². The molecule has 0 heterocycles. The summed E-state index contributed by atoms with van der Waals surface area (Å²) >= 11 is 0. The minimum Gasteiger partial charge on any atom is -0.393 e. The molecule has 0 saturated carbocycles. The number of hydrogen-bond acceptors (Lipinski definition) is 7. The normalized spacial score (nSPS) is 16.1. The van der Waals surface area contributed by atoms with Gasteiger partial charge < -0.3 is 25.2 Å². The van der Waals surface area contributed by atoms with Crippen LogP contribution >= 0.6 is 0 Å². The molecule has 0 aromatic rings. The molecule has 4 unspecified atom stereocenters. The van der Waals surface area contributed by atoms with Gasteiger partial charge in [-0.25, -0.2) is 4.79 Å². The van der Waals surface area contributed by atoms with E-state index < -0.39 is 42.8 Å². The van der Waals surface area contributed by atoms with E-state index in [4.69, 9.17) is 10.2 Å². The summed E-state index contributed by atoms with van der Waals surface area (Å²) < 4.78 is 4.50. The Morgan fingerprint density at radius 1 is 0.880 bits per heavy atom. The fourth-order valence-electron chi connectivity index (χ4n) is 2.58. The minimum absolute atomic E-state index is 0.280. The zero-order valence-electron chi connectivity index (χ0n) is 15.4. The van der Waals surface area contributed by atoms with Crippen molar-refractivity contribution in [1.29, 1.82) is 0 Å². The van der Waals surface area contributed by atoms with E-state index in [0.29, 0.717) is 6.42 Å². The number of rotatable bonds is 14. The molecule has 0 aliphatic rings. The minimum atomic E-state index is -1.79. The van der Waals surface area contributed by atoms with Gasteiger partial charge in [0.2, 0.25) is 0 Å². The van der Waals surface area contributed by atoms with Crippen LogP contribution < -0.4 is 0 Å². The second-order valence-corrected chi connectivity index (χ2v) is 6.54. The average molecular weight is 362 g/mol. The third-order valence-electron chi connectivity index (χ3n) is 4.22. The first-order valence-electron chi connectivity index (χ1n) is 9.25. The third kappa shape index (κ3) is 10.5. The highest BCUT2D eigenvalue weighted by Crippen LogP contribution is 2.20. The first kappa shape index (κ1) is 24.0. The van der Waals surface area contributed by atoms with Crippen LogP contribution in [0.25, 0.3) is 0 Å². The van der Waals surface area contributed by atoms with Gasteiger partial charge >= 0.3 is 11.9 Å². The van der Waals surface area contributed by atoms with Gasteiger partial charge in [0.15, 0.2) is 6.10 Å². The van der Waals surface area contributed by atoms with Crippen molar-refractivity contribution in [2.45, 2.75) is 89.9 Å². The molecule has 0 radical (unpaired) electrons. The van der Waals surface area contributed by atoms with Crippen molar-refractivity contribution in [3.63, 3.8) is 0 Å². The van der Waals surface area contributed by atoms with Crippen molar-refractivity contribution in [2.24, 2.45) is 5.92 Å². The fraction of sp³-hybridized carbons (Fsp3) is 0.889. The van der Waals surface area contributed by atoms with Crippen molar-refractivity contribution >= 4 is 11.9 Å². The van der Waals surface area contributed by atoms with Crippen molar-refractivity contribution < 1.29 is 34.8 Å². The van der Waals surface area contributed by atoms with Crippen LogP contribution in [0.1, 0.15) is 71.6 Å². The quantitative estimate of drug-likeness (QED) is 0.208. The standard InChI is InChI=1S/C18H34O7/c1-3-4-5-6-7-8-9-10-11-14(16(22)13(2)20)17(23)25-18(24)15(21)12-19/h13-16,19-22H,3-12H2,1-2H3. The molecule has 25 heavy (non-hydrogen) atoms. The molecule has 0 aromatic heterocycles.